The third kappa shape index (κ3) is 1.49. The molecule has 2 N–H and O–H groups in total. The number of rotatable bonds is 2. The van der Waals surface area contributed by atoms with E-state index in [2.05, 4.69) is 11.7 Å². The second-order valence-corrected chi connectivity index (χ2v) is 2.20. The molecule has 0 aliphatic carbocycles. The highest BCUT2D eigenvalue weighted by Gasteiger charge is 1.98. The molecule has 1 rings (SSSR count). The van der Waals surface area contributed by atoms with Gasteiger partial charge in [-0.2, -0.15) is 5.10 Å². The van der Waals surface area contributed by atoms with Crippen LogP contribution in [-0.2, 0) is 7.05 Å². The molecule has 0 saturated carbocycles. The van der Waals surface area contributed by atoms with Gasteiger partial charge in [0.05, 0.1) is 17.6 Å². The molecule has 58 valence electrons. The van der Waals surface area contributed by atoms with Gasteiger partial charge in [-0.25, -0.2) is 0 Å². The molecule has 3 nitrogen and oxygen atoms in total. The van der Waals surface area contributed by atoms with E-state index in [-0.39, 0.29) is 0 Å². The summed E-state index contributed by atoms with van der Waals surface area (Å²) >= 11 is 0. The molecule has 1 aromatic rings. The van der Waals surface area contributed by atoms with Crippen LogP contribution < -0.4 is 5.73 Å². The lowest BCUT2D eigenvalue weighted by molar-refractivity contribution is 0.760. The lowest BCUT2D eigenvalue weighted by Crippen LogP contribution is -1.94. The normalized spacial score (nSPS) is 10.6. The highest BCUT2D eigenvalue weighted by Crippen LogP contribution is 2.10. The highest BCUT2D eigenvalue weighted by molar-refractivity contribution is 5.60. The summed E-state index contributed by atoms with van der Waals surface area (Å²) in [5, 5.41) is 3.98. The van der Waals surface area contributed by atoms with Crippen LogP contribution in [0.25, 0.3) is 6.08 Å². The molecule has 0 atom stereocenters. The van der Waals surface area contributed by atoms with Crippen LogP contribution in [0, 0.1) is 0 Å². The van der Waals surface area contributed by atoms with E-state index in [1.807, 2.05) is 19.2 Å². The zero-order valence-corrected chi connectivity index (χ0v) is 6.49. The number of nitrogens with two attached hydrogens (primary N) is 1. The smallest absolute Gasteiger partial charge is 0.0836 e. The van der Waals surface area contributed by atoms with Crippen LogP contribution >= 0.6 is 0 Å². The van der Waals surface area contributed by atoms with Crippen molar-refractivity contribution in [2.45, 2.75) is 0 Å². The van der Waals surface area contributed by atoms with Gasteiger partial charge in [0.2, 0.25) is 0 Å². The Balaban J connectivity index is 3.00. The molecule has 0 aliphatic heterocycles. The maximum absolute atomic E-state index is 5.61. The van der Waals surface area contributed by atoms with E-state index >= 15 is 0 Å². The summed E-state index contributed by atoms with van der Waals surface area (Å²) in [7, 11) is 1.85. The monoisotopic (exact) mass is 149 g/mol. The predicted octanol–water partition coefficient (Wildman–Crippen LogP) is 1.20. The number of nitrogen functional groups attached to an aromatic ring is 1. The van der Waals surface area contributed by atoms with Gasteiger partial charge in [0, 0.05) is 7.05 Å². The average molecular weight is 149 g/mol. The minimum Gasteiger partial charge on any atom is -0.396 e. The molecule has 11 heavy (non-hydrogen) atoms. The van der Waals surface area contributed by atoms with E-state index in [0.29, 0.717) is 5.69 Å². The Morgan fingerprint density at radius 2 is 2.45 bits per heavy atom. The number of aromatic nitrogens is 2. The molecule has 0 unspecified atom stereocenters. The molecule has 0 radical (unpaired) electrons. The van der Waals surface area contributed by atoms with Crippen molar-refractivity contribution in [3.05, 3.63) is 30.6 Å². The van der Waals surface area contributed by atoms with E-state index in [0.717, 1.165) is 5.69 Å². The van der Waals surface area contributed by atoms with Crippen LogP contribution in [0.5, 0.6) is 0 Å². The molecular formula is C8H11N3. The van der Waals surface area contributed by atoms with Crippen molar-refractivity contribution in [2.75, 3.05) is 5.73 Å². The van der Waals surface area contributed by atoms with Gasteiger partial charge in [0.15, 0.2) is 0 Å². The molecule has 0 saturated heterocycles. The first-order chi connectivity index (χ1) is 5.25. The molecule has 0 aromatic carbocycles. The number of aryl methyl sites for hydroxylation is 1. The number of hydrogen-bond donors (Lipinski definition) is 1. The Labute approximate surface area is 65.8 Å². The van der Waals surface area contributed by atoms with Crippen molar-refractivity contribution in [3.8, 4) is 0 Å². The number of anilines is 1. The third-order valence-corrected chi connectivity index (χ3v) is 1.40. The van der Waals surface area contributed by atoms with Gasteiger partial charge in [-0.15, -0.1) is 0 Å². The summed E-state index contributed by atoms with van der Waals surface area (Å²) < 4.78 is 1.72. The molecule has 0 bridgehead atoms. The molecule has 0 spiro atoms. The van der Waals surface area contributed by atoms with Gasteiger partial charge in [-0.1, -0.05) is 18.7 Å². The second-order valence-electron chi connectivity index (χ2n) is 2.20. The van der Waals surface area contributed by atoms with Crippen LogP contribution in [0.15, 0.2) is 24.9 Å². The van der Waals surface area contributed by atoms with Gasteiger partial charge < -0.3 is 5.73 Å². The number of hydrogen-bond acceptors (Lipinski definition) is 2. The Hall–Kier alpha value is -1.51. The first-order valence-corrected chi connectivity index (χ1v) is 3.32. The fourth-order valence-corrected chi connectivity index (χ4v) is 0.827. The molecule has 1 heterocycles. The lowest BCUT2D eigenvalue weighted by Gasteiger charge is -1.93. The average Bonchev–Trinajstić information content (AvgIpc) is 2.29. The van der Waals surface area contributed by atoms with Crippen molar-refractivity contribution in [1.29, 1.82) is 0 Å². The standard InChI is InChI=1S/C8H11N3/c1-3-4-5-8-7(9)6-10-11(8)2/h3-6H,1,9H2,2H3/b5-4-. The highest BCUT2D eigenvalue weighted by atomic mass is 15.3. The minimum atomic E-state index is 0.686. The van der Waals surface area contributed by atoms with Crippen LogP contribution in [-0.4, -0.2) is 9.78 Å². The largest absolute Gasteiger partial charge is 0.396 e. The van der Waals surface area contributed by atoms with E-state index in [1.54, 1.807) is 17.0 Å². The van der Waals surface area contributed by atoms with Crippen molar-refractivity contribution >= 4 is 11.8 Å². The van der Waals surface area contributed by atoms with Crippen molar-refractivity contribution < 1.29 is 0 Å². The maximum atomic E-state index is 5.61. The molecule has 0 amide bonds. The summed E-state index contributed by atoms with van der Waals surface area (Å²) in [5.74, 6) is 0. The third-order valence-electron chi connectivity index (χ3n) is 1.40. The first-order valence-electron chi connectivity index (χ1n) is 3.32. The van der Waals surface area contributed by atoms with Gasteiger partial charge in [-0.3, -0.25) is 4.68 Å². The number of nitrogens with zero attached hydrogens (tertiary/aromatic N) is 2. The van der Waals surface area contributed by atoms with E-state index in [9.17, 15) is 0 Å². The van der Waals surface area contributed by atoms with Crippen LogP contribution in [0.3, 0.4) is 0 Å². The van der Waals surface area contributed by atoms with E-state index < -0.39 is 0 Å². The zero-order valence-electron chi connectivity index (χ0n) is 6.49. The van der Waals surface area contributed by atoms with Crippen LogP contribution in [0.4, 0.5) is 5.69 Å². The van der Waals surface area contributed by atoms with Crippen molar-refractivity contribution in [2.24, 2.45) is 7.05 Å². The lowest BCUT2D eigenvalue weighted by atomic mass is 10.3. The topological polar surface area (TPSA) is 43.8 Å². The summed E-state index contributed by atoms with van der Waals surface area (Å²) in [5.41, 5.74) is 7.21. The van der Waals surface area contributed by atoms with Gasteiger partial charge in [0.1, 0.15) is 0 Å². The van der Waals surface area contributed by atoms with Gasteiger partial charge in [-0.05, 0) is 6.08 Å². The minimum absolute atomic E-state index is 0.686. The van der Waals surface area contributed by atoms with Crippen LogP contribution in [0.2, 0.25) is 0 Å². The summed E-state index contributed by atoms with van der Waals surface area (Å²) in [6.07, 6.45) is 7.03. The maximum Gasteiger partial charge on any atom is 0.0836 e. The van der Waals surface area contributed by atoms with Gasteiger partial charge in [0.25, 0.3) is 0 Å². The molecule has 0 aliphatic rings. The fraction of sp³-hybridized carbons (Fsp3) is 0.125. The Morgan fingerprint density at radius 3 is 2.91 bits per heavy atom. The Kier molecular flexibility index (Phi) is 2.11. The Morgan fingerprint density at radius 1 is 1.73 bits per heavy atom. The molecule has 3 heteroatoms. The summed E-state index contributed by atoms with van der Waals surface area (Å²) in [6, 6.07) is 0. The van der Waals surface area contributed by atoms with Crippen LogP contribution in [0.1, 0.15) is 5.69 Å². The van der Waals surface area contributed by atoms with E-state index in [1.165, 1.54) is 0 Å². The quantitative estimate of drug-likeness (QED) is 0.642. The molecule has 1 aromatic heterocycles. The van der Waals surface area contributed by atoms with Gasteiger partial charge >= 0.3 is 0 Å². The predicted molar refractivity (Wildman–Crippen MR) is 46.9 cm³/mol. The zero-order chi connectivity index (χ0) is 8.27. The van der Waals surface area contributed by atoms with Crippen molar-refractivity contribution in [1.82, 2.24) is 9.78 Å². The van der Waals surface area contributed by atoms with Crippen molar-refractivity contribution in [3.63, 3.8) is 0 Å². The molecule has 0 fully saturated rings. The summed E-state index contributed by atoms with van der Waals surface area (Å²) in [4.78, 5) is 0. The Bertz CT molecular complexity index is 264. The first kappa shape index (κ1) is 7.60. The summed E-state index contributed by atoms with van der Waals surface area (Å²) in [6.45, 7) is 3.56. The van der Waals surface area contributed by atoms with E-state index in [4.69, 9.17) is 5.73 Å². The SMILES string of the molecule is C=C/C=C\c1c(N)cnn1C. The fourth-order valence-electron chi connectivity index (χ4n) is 0.827. The second kappa shape index (κ2) is 3.05. The molecular weight excluding hydrogens is 138 g/mol. The number of allylic oxidation sites excluding steroid dienone is 2.